The Labute approximate surface area is 271 Å². The molecule has 0 aliphatic rings. The summed E-state index contributed by atoms with van der Waals surface area (Å²) in [6, 6.07) is 56.2. The largest absolute Gasteiger partial charge is 0.456 e. The van der Waals surface area contributed by atoms with E-state index < -0.39 is 0 Å². The van der Waals surface area contributed by atoms with Crippen molar-refractivity contribution in [1.29, 1.82) is 0 Å². The minimum absolute atomic E-state index is 0.597. The second-order valence-electron chi connectivity index (χ2n) is 11.6. The summed E-state index contributed by atoms with van der Waals surface area (Å²) in [5, 5.41) is 4.24. The van der Waals surface area contributed by atoms with Crippen molar-refractivity contribution in [2.45, 2.75) is 0 Å². The van der Waals surface area contributed by atoms with Crippen molar-refractivity contribution in [3.05, 3.63) is 164 Å². The van der Waals surface area contributed by atoms with Crippen LogP contribution in [0.4, 0.5) is 0 Å². The fourth-order valence-corrected chi connectivity index (χ4v) is 6.52. The van der Waals surface area contributed by atoms with Crippen LogP contribution in [0.3, 0.4) is 0 Å². The van der Waals surface area contributed by atoms with Gasteiger partial charge in [-0.1, -0.05) is 140 Å². The zero-order valence-corrected chi connectivity index (χ0v) is 25.3. The fourth-order valence-electron chi connectivity index (χ4n) is 6.52. The summed E-state index contributed by atoms with van der Waals surface area (Å²) in [6.07, 6.45) is 0. The molecule has 0 aliphatic heterocycles. The van der Waals surface area contributed by atoms with Crippen molar-refractivity contribution in [2.75, 3.05) is 0 Å². The topological polar surface area (TPSA) is 51.8 Å². The highest BCUT2D eigenvalue weighted by Gasteiger charge is 2.20. The first-order valence-corrected chi connectivity index (χ1v) is 15.7. The molecule has 2 heterocycles. The summed E-state index contributed by atoms with van der Waals surface area (Å²) in [5.41, 5.74) is 8.87. The van der Waals surface area contributed by atoms with Gasteiger partial charge in [0.2, 0.25) is 0 Å². The molecule has 0 N–H and O–H groups in total. The van der Waals surface area contributed by atoms with Gasteiger partial charge in [-0.2, -0.15) is 0 Å². The zero-order chi connectivity index (χ0) is 31.2. The summed E-state index contributed by atoms with van der Waals surface area (Å²) >= 11 is 0. The monoisotopic (exact) mass is 601 g/mol. The summed E-state index contributed by atoms with van der Waals surface area (Å²) < 4.78 is 6.45. The van der Waals surface area contributed by atoms with Gasteiger partial charge >= 0.3 is 0 Å². The predicted octanol–water partition coefficient (Wildman–Crippen LogP) is 11.3. The number of rotatable bonds is 5. The van der Waals surface area contributed by atoms with Crippen molar-refractivity contribution in [2.24, 2.45) is 0 Å². The van der Waals surface area contributed by atoms with Gasteiger partial charge in [-0.05, 0) is 57.3 Å². The molecule has 220 valence electrons. The molecule has 0 spiro atoms. The molecule has 0 fully saturated rings. The van der Waals surface area contributed by atoms with Crippen LogP contribution in [0.5, 0.6) is 0 Å². The number of hydrogen-bond donors (Lipinski definition) is 0. The molecular formula is C43H27N3O. The maximum Gasteiger partial charge on any atom is 0.164 e. The Morgan fingerprint density at radius 2 is 0.830 bits per heavy atom. The first-order valence-electron chi connectivity index (χ1n) is 15.7. The van der Waals surface area contributed by atoms with Crippen LogP contribution in [-0.4, -0.2) is 15.0 Å². The Morgan fingerprint density at radius 1 is 0.319 bits per heavy atom. The first kappa shape index (κ1) is 27.0. The highest BCUT2D eigenvalue weighted by Crippen LogP contribution is 2.41. The number of aromatic nitrogens is 3. The number of benzene rings is 7. The third kappa shape index (κ3) is 4.75. The van der Waals surface area contributed by atoms with Crippen LogP contribution in [0.25, 0.3) is 89.1 Å². The molecule has 0 saturated carbocycles. The number of para-hydroxylation sites is 1. The lowest BCUT2D eigenvalue weighted by Gasteiger charge is -2.14. The quantitative estimate of drug-likeness (QED) is 0.197. The van der Waals surface area contributed by atoms with Gasteiger partial charge in [-0.15, -0.1) is 0 Å². The molecule has 2 aromatic heterocycles. The maximum atomic E-state index is 6.45. The Kier molecular flexibility index (Phi) is 6.43. The van der Waals surface area contributed by atoms with Crippen molar-refractivity contribution >= 4 is 32.7 Å². The van der Waals surface area contributed by atoms with Gasteiger partial charge in [0.05, 0.1) is 0 Å². The molecule has 0 radical (unpaired) electrons. The average Bonchev–Trinajstić information content (AvgIpc) is 3.53. The molecule has 4 nitrogen and oxygen atoms in total. The van der Waals surface area contributed by atoms with E-state index in [1.54, 1.807) is 0 Å². The van der Waals surface area contributed by atoms with Gasteiger partial charge in [0.1, 0.15) is 11.2 Å². The van der Waals surface area contributed by atoms with Crippen molar-refractivity contribution in [3.8, 4) is 56.4 Å². The summed E-state index contributed by atoms with van der Waals surface area (Å²) in [4.78, 5) is 15.5. The molecule has 9 aromatic rings. The van der Waals surface area contributed by atoms with Crippen LogP contribution in [0.15, 0.2) is 168 Å². The zero-order valence-electron chi connectivity index (χ0n) is 25.3. The van der Waals surface area contributed by atoms with Crippen molar-refractivity contribution < 1.29 is 4.42 Å². The van der Waals surface area contributed by atoms with E-state index in [9.17, 15) is 0 Å². The average molecular weight is 602 g/mol. The minimum atomic E-state index is 0.597. The molecule has 0 atom stereocenters. The van der Waals surface area contributed by atoms with E-state index in [0.717, 1.165) is 60.5 Å². The highest BCUT2D eigenvalue weighted by atomic mass is 16.3. The van der Waals surface area contributed by atoms with Crippen LogP contribution >= 0.6 is 0 Å². The molecule has 9 rings (SSSR count). The van der Waals surface area contributed by atoms with Crippen LogP contribution in [0, 0.1) is 0 Å². The fraction of sp³-hybridized carbons (Fsp3) is 0. The van der Waals surface area contributed by atoms with Gasteiger partial charge < -0.3 is 4.42 Å². The third-order valence-corrected chi connectivity index (χ3v) is 8.74. The Balaban J connectivity index is 1.34. The lowest BCUT2D eigenvalue weighted by atomic mass is 9.94. The Hall–Kier alpha value is -6.39. The second-order valence-corrected chi connectivity index (χ2v) is 11.6. The molecule has 0 bridgehead atoms. The second kappa shape index (κ2) is 11.2. The molecule has 0 saturated heterocycles. The lowest BCUT2D eigenvalue weighted by Crippen LogP contribution is -2.01. The predicted molar refractivity (Wildman–Crippen MR) is 192 cm³/mol. The van der Waals surface area contributed by atoms with Crippen molar-refractivity contribution in [1.82, 2.24) is 15.0 Å². The maximum absolute atomic E-state index is 6.45. The van der Waals surface area contributed by atoms with Gasteiger partial charge in [0, 0.05) is 27.5 Å². The molecule has 7 aromatic carbocycles. The van der Waals surface area contributed by atoms with Crippen LogP contribution in [0.1, 0.15) is 0 Å². The molecule has 0 aliphatic carbocycles. The van der Waals surface area contributed by atoms with Gasteiger partial charge in [0.25, 0.3) is 0 Å². The summed E-state index contributed by atoms with van der Waals surface area (Å²) in [7, 11) is 0. The van der Waals surface area contributed by atoms with E-state index in [2.05, 4.69) is 103 Å². The minimum Gasteiger partial charge on any atom is -0.456 e. The van der Waals surface area contributed by atoms with Gasteiger partial charge in [-0.3, -0.25) is 0 Å². The number of nitrogens with zero attached hydrogens (tertiary/aromatic N) is 3. The molecule has 0 unspecified atom stereocenters. The summed E-state index contributed by atoms with van der Waals surface area (Å²) in [5.74, 6) is 1.84. The number of hydrogen-bond acceptors (Lipinski definition) is 4. The van der Waals surface area contributed by atoms with E-state index in [-0.39, 0.29) is 0 Å². The molecule has 0 amide bonds. The SMILES string of the molecule is c1ccc(-c2cc(-c3nc(-c4ccccc4)nc(-c4ccc(-c5ccccc5)c5ccccc45)n3)c3c(c2)oc2ccccc23)cc1. The van der Waals surface area contributed by atoms with Crippen LogP contribution in [0.2, 0.25) is 0 Å². The third-order valence-electron chi connectivity index (χ3n) is 8.74. The molecule has 47 heavy (non-hydrogen) atoms. The van der Waals surface area contributed by atoms with E-state index in [0.29, 0.717) is 17.5 Å². The summed E-state index contributed by atoms with van der Waals surface area (Å²) in [6.45, 7) is 0. The first-order chi connectivity index (χ1) is 23.3. The van der Waals surface area contributed by atoms with Gasteiger partial charge in [-0.25, -0.2) is 15.0 Å². The Bertz CT molecular complexity index is 2560. The van der Waals surface area contributed by atoms with Crippen molar-refractivity contribution in [3.63, 3.8) is 0 Å². The standard InChI is InChI=1S/C43H27N3O/c1-4-14-28(15-5-1)31-26-37(40-36-22-12-13-23-38(36)47-39(40)27-31)43-45-41(30-18-8-3-9-19-30)44-42(46-43)35-25-24-32(29-16-6-2-7-17-29)33-20-10-11-21-34(33)35/h1-27H. The van der Waals surface area contributed by atoms with Gasteiger partial charge in [0.15, 0.2) is 17.5 Å². The molecular weight excluding hydrogens is 574 g/mol. The number of furan rings is 1. The Morgan fingerprint density at radius 3 is 1.53 bits per heavy atom. The van der Waals surface area contributed by atoms with E-state index in [1.807, 2.05) is 60.7 Å². The number of fused-ring (bicyclic) bond motifs is 4. The normalized spacial score (nSPS) is 11.4. The smallest absolute Gasteiger partial charge is 0.164 e. The van der Waals surface area contributed by atoms with E-state index >= 15 is 0 Å². The van der Waals surface area contributed by atoms with Crippen LogP contribution < -0.4 is 0 Å². The van der Waals surface area contributed by atoms with E-state index in [4.69, 9.17) is 19.4 Å². The highest BCUT2D eigenvalue weighted by molar-refractivity contribution is 6.13. The molecule has 4 heteroatoms. The van der Waals surface area contributed by atoms with Crippen LogP contribution in [-0.2, 0) is 0 Å². The van der Waals surface area contributed by atoms with E-state index in [1.165, 1.54) is 11.1 Å². The lowest BCUT2D eigenvalue weighted by molar-refractivity contribution is 0.669.